The van der Waals surface area contributed by atoms with Gasteiger partial charge >= 0.3 is 0 Å². The van der Waals surface area contributed by atoms with Crippen molar-refractivity contribution in [1.82, 2.24) is 4.98 Å². The molecule has 0 fully saturated rings. The van der Waals surface area contributed by atoms with Crippen molar-refractivity contribution in [3.63, 3.8) is 0 Å². The minimum Gasteiger partial charge on any atom is -0.497 e. The van der Waals surface area contributed by atoms with E-state index in [4.69, 9.17) is 22.1 Å². The first-order valence-electron chi connectivity index (χ1n) is 5.50. The van der Waals surface area contributed by atoms with Gasteiger partial charge in [-0.15, -0.1) is 0 Å². The third kappa shape index (κ3) is 3.12. The van der Waals surface area contributed by atoms with Gasteiger partial charge in [0.2, 0.25) is 0 Å². The first-order valence-corrected chi connectivity index (χ1v) is 7.36. The highest BCUT2D eigenvalue weighted by atomic mass is 35.5. The number of pyridine rings is 1. The Morgan fingerprint density at radius 3 is 2.50 bits per heavy atom. The molecular weight excluding hydrogens is 302 g/mol. The molecule has 1 heterocycles. The molecule has 0 aliphatic carbocycles. The van der Waals surface area contributed by atoms with Crippen molar-refractivity contribution in [3.05, 3.63) is 41.6 Å². The molecule has 0 aliphatic heterocycles. The molecule has 1 aromatic heterocycles. The summed E-state index contributed by atoms with van der Waals surface area (Å²) in [4.78, 5) is 3.66. The van der Waals surface area contributed by atoms with Crippen molar-refractivity contribution < 1.29 is 13.2 Å². The molecular formula is C12H12ClN3O3S. The number of aromatic nitrogens is 1. The number of nitrogens with two attached hydrogens (primary N) is 1. The lowest BCUT2D eigenvalue weighted by atomic mass is 10.3. The average Bonchev–Trinajstić information content (AvgIpc) is 2.42. The van der Waals surface area contributed by atoms with E-state index in [1.807, 2.05) is 0 Å². The van der Waals surface area contributed by atoms with Crippen LogP contribution >= 0.6 is 11.6 Å². The van der Waals surface area contributed by atoms with Gasteiger partial charge in [0.05, 0.1) is 12.1 Å². The molecule has 0 bridgehead atoms. The molecule has 6 nitrogen and oxygen atoms in total. The van der Waals surface area contributed by atoms with E-state index in [0.717, 1.165) is 6.20 Å². The molecule has 0 saturated carbocycles. The SMILES string of the molecule is COc1ccc(NS(=O)(=O)c2cnc(N)c(Cl)c2)cc1. The zero-order chi connectivity index (χ0) is 14.8. The van der Waals surface area contributed by atoms with Gasteiger partial charge < -0.3 is 10.5 Å². The summed E-state index contributed by atoms with van der Waals surface area (Å²) < 4.78 is 31.7. The number of methoxy groups -OCH3 is 1. The topological polar surface area (TPSA) is 94.3 Å². The number of benzene rings is 1. The van der Waals surface area contributed by atoms with Gasteiger partial charge in [-0.05, 0) is 30.3 Å². The maximum Gasteiger partial charge on any atom is 0.263 e. The van der Waals surface area contributed by atoms with E-state index in [2.05, 4.69) is 9.71 Å². The molecule has 0 aliphatic rings. The highest BCUT2D eigenvalue weighted by molar-refractivity contribution is 7.92. The minimum atomic E-state index is -3.77. The standard InChI is InChI=1S/C12H12ClN3O3S/c1-19-9-4-2-8(3-5-9)16-20(17,18)10-6-11(13)12(14)15-7-10/h2-7,16H,1H3,(H2,14,15). The van der Waals surface area contributed by atoms with Crippen LogP contribution in [0.2, 0.25) is 5.02 Å². The number of nitrogens with one attached hydrogen (secondary N) is 1. The van der Waals surface area contributed by atoms with E-state index in [9.17, 15) is 8.42 Å². The van der Waals surface area contributed by atoms with Crippen LogP contribution in [0.3, 0.4) is 0 Å². The van der Waals surface area contributed by atoms with Crippen LogP contribution in [-0.2, 0) is 10.0 Å². The van der Waals surface area contributed by atoms with Crippen molar-refractivity contribution in [1.29, 1.82) is 0 Å². The Kier molecular flexibility index (Phi) is 4.01. The summed E-state index contributed by atoms with van der Waals surface area (Å²) in [5, 5.41) is 0.0857. The smallest absolute Gasteiger partial charge is 0.263 e. The van der Waals surface area contributed by atoms with Gasteiger partial charge in [-0.3, -0.25) is 4.72 Å². The van der Waals surface area contributed by atoms with Crippen LogP contribution in [0, 0.1) is 0 Å². The molecule has 2 rings (SSSR count). The molecule has 0 atom stereocenters. The zero-order valence-electron chi connectivity index (χ0n) is 10.5. The van der Waals surface area contributed by atoms with Crippen LogP contribution in [0.4, 0.5) is 11.5 Å². The monoisotopic (exact) mass is 313 g/mol. The molecule has 0 amide bonds. The molecule has 106 valence electrons. The number of hydrogen-bond acceptors (Lipinski definition) is 5. The van der Waals surface area contributed by atoms with E-state index in [1.165, 1.54) is 13.2 Å². The number of rotatable bonds is 4. The molecule has 0 spiro atoms. The zero-order valence-corrected chi connectivity index (χ0v) is 12.1. The van der Waals surface area contributed by atoms with E-state index in [0.29, 0.717) is 11.4 Å². The van der Waals surface area contributed by atoms with Crippen LogP contribution < -0.4 is 15.2 Å². The van der Waals surface area contributed by atoms with Crippen molar-refractivity contribution in [2.24, 2.45) is 0 Å². The van der Waals surface area contributed by atoms with Gasteiger partial charge in [-0.2, -0.15) is 0 Å². The summed E-state index contributed by atoms with van der Waals surface area (Å²) in [6, 6.07) is 7.71. The maximum absolute atomic E-state index is 12.1. The average molecular weight is 314 g/mol. The van der Waals surface area contributed by atoms with E-state index in [-0.39, 0.29) is 15.7 Å². The van der Waals surface area contributed by atoms with Crippen molar-refractivity contribution >= 4 is 33.1 Å². The fourth-order valence-electron chi connectivity index (χ4n) is 1.45. The van der Waals surface area contributed by atoms with Crippen molar-refractivity contribution in [2.75, 3.05) is 17.6 Å². The van der Waals surface area contributed by atoms with E-state index >= 15 is 0 Å². The number of anilines is 2. The normalized spacial score (nSPS) is 11.1. The Morgan fingerprint density at radius 1 is 1.30 bits per heavy atom. The second-order valence-corrected chi connectivity index (χ2v) is 5.96. The summed E-state index contributed by atoms with van der Waals surface area (Å²) in [7, 11) is -2.24. The Balaban J connectivity index is 2.27. The minimum absolute atomic E-state index is 0.0625. The van der Waals surface area contributed by atoms with Crippen LogP contribution in [0.5, 0.6) is 5.75 Å². The van der Waals surface area contributed by atoms with Gasteiger partial charge in [-0.1, -0.05) is 11.6 Å². The van der Waals surface area contributed by atoms with Crippen molar-refractivity contribution in [2.45, 2.75) is 4.90 Å². The van der Waals surface area contributed by atoms with Gasteiger partial charge in [0.25, 0.3) is 10.0 Å². The lowest BCUT2D eigenvalue weighted by molar-refractivity contribution is 0.415. The van der Waals surface area contributed by atoms with Gasteiger partial charge in [0.1, 0.15) is 16.5 Å². The largest absolute Gasteiger partial charge is 0.497 e. The van der Waals surface area contributed by atoms with E-state index in [1.54, 1.807) is 24.3 Å². The number of hydrogen-bond donors (Lipinski definition) is 2. The second kappa shape index (κ2) is 5.56. The molecule has 3 N–H and O–H groups in total. The van der Waals surface area contributed by atoms with Gasteiger partial charge in [0.15, 0.2) is 0 Å². The highest BCUT2D eigenvalue weighted by Crippen LogP contribution is 2.22. The number of halogens is 1. The fraction of sp³-hybridized carbons (Fsp3) is 0.0833. The Labute approximate surface area is 121 Å². The number of nitrogen functional groups attached to an aromatic ring is 1. The summed E-state index contributed by atoms with van der Waals surface area (Å²) in [5.74, 6) is 0.709. The fourth-order valence-corrected chi connectivity index (χ4v) is 2.71. The summed E-state index contributed by atoms with van der Waals surface area (Å²) in [6.45, 7) is 0. The summed E-state index contributed by atoms with van der Waals surface area (Å²) in [5.41, 5.74) is 5.85. The quantitative estimate of drug-likeness (QED) is 0.901. The number of nitrogens with zero attached hydrogens (tertiary/aromatic N) is 1. The molecule has 1 aromatic carbocycles. The van der Waals surface area contributed by atoms with E-state index < -0.39 is 10.0 Å². The van der Waals surface area contributed by atoms with Crippen LogP contribution in [0.1, 0.15) is 0 Å². The molecule has 2 aromatic rings. The molecule has 0 radical (unpaired) electrons. The second-order valence-electron chi connectivity index (χ2n) is 3.87. The third-order valence-corrected chi connectivity index (χ3v) is 4.15. The third-order valence-electron chi connectivity index (χ3n) is 2.50. The molecule has 0 unspecified atom stereocenters. The first-order chi connectivity index (χ1) is 9.42. The van der Waals surface area contributed by atoms with Gasteiger partial charge in [-0.25, -0.2) is 13.4 Å². The molecule has 8 heteroatoms. The Morgan fingerprint density at radius 2 is 1.95 bits per heavy atom. The van der Waals surface area contributed by atoms with Crippen LogP contribution in [-0.4, -0.2) is 20.5 Å². The lowest BCUT2D eigenvalue weighted by Gasteiger charge is -2.09. The van der Waals surface area contributed by atoms with Crippen molar-refractivity contribution in [3.8, 4) is 5.75 Å². The Hall–Kier alpha value is -1.99. The highest BCUT2D eigenvalue weighted by Gasteiger charge is 2.16. The van der Waals surface area contributed by atoms with Gasteiger partial charge in [0, 0.05) is 11.9 Å². The lowest BCUT2D eigenvalue weighted by Crippen LogP contribution is -2.13. The van der Waals surface area contributed by atoms with Crippen LogP contribution in [0.25, 0.3) is 0 Å². The number of sulfonamides is 1. The predicted molar refractivity (Wildman–Crippen MR) is 77.5 cm³/mol. The first kappa shape index (κ1) is 14.4. The van der Waals surface area contributed by atoms with Crippen LogP contribution in [0.15, 0.2) is 41.4 Å². The summed E-state index contributed by atoms with van der Waals surface area (Å²) >= 11 is 5.77. The Bertz CT molecular complexity index is 717. The molecule has 0 saturated heterocycles. The predicted octanol–water partition coefficient (Wildman–Crippen LogP) is 2.13. The maximum atomic E-state index is 12.1. The molecule has 20 heavy (non-hydrogen) atoms. The summed E-state index contributed by atoms with van der Waals surface area (Å²) in [6.07, 6.45) is 1.15. The number of ether oxygens (including phenoxy) is 1.